The van der Waals surface area contributed by atoms with Crippen LogP contribution in [0.15, 0.2) is 16.6 Å². The van der Waals surface area contributed by atoms with E-state index in [4.69, 9.17) is 10.5 Å². The summed E-state index contributed by atoms with van der Waals surface area (Å²) in [5.74, 6) is 0.256. The molecule has 0 saturated heterocycles. The minimum atomic E-state index is -0.450. The highest BCUT2D eigenvalue weighted by molar-refractivity contribution is 9.10. The van der Waals surface area contributed by atoms with Gasteiger partial charge in [-0.05, 0) is 25.1 Å². The summed E-state index contributed by atoms with van der Waals surface area (Å²) in [5, 5.41) is 10.9. The third kappa shape index (κ3) is 2.45. The molecule has 0 fully saturated rings. The number of methoxy groups -OCH3 is 1. The van der Waals surface area contributed by atoms with Crippen molar-refractivity contribution in [3.8, 4) is 5.75 Å². The van der Waals surface area contributed by atoms with E-state index in [2.05, 4.69) is 15.9 Å². The molecule has 0 aliphatic heterocycles. The lowest BCUT2D eigenvalue weighted by molar-refractivity contribution is -0.386. The number of hydrogen-bond donors (Lipinski definition) is 1. The van der Waals surface area contributed by atoms with E-state index < -0.39 is 4.92 Å². The molecule has 2 N–H and O–H groups in total. The van der Waals surface area contributed by atoms with Crippen LogP contribution in [0, 0.1) is 10.1 Å². The van der Waals surface area contributed by atoms with Gasteiger partial charge in [0.2, 0.25) is 0 Å². The highest BCUT2D eigenvalue weighted by atomic mass is 79.9. The van der Waals surface area contributed by atoms with E-state index in [1.807, 2.05) is 0 Å². The molecule has 1 aromatic carbocycles. The van der Waals surface area contributed by atoms with Crippen molar-refractivity contribution in [3.05, 3.63) is 32.3 Å². The topological polar surface area (TPSA) is 78.4 Å². The minimum absolute atomic E-state index is 0.0164. The number of halogens is 1. The summed E-state index contributed by atoms with van der Waals surface area (Å²) in [4.78, 5) is 10.4. The first kappa shape index (κ1) is 11.9. The van der Waals surface area contributed by atoms with Crippen LogP contribution < -0.4 is 10.5 Å². The molecule has 0 radical (unpaired) electrons. The molecule has 0 unspecified atom stereocenters. The van der Waals surface area contributed by atoms with Crippen LogP contribution in [0.1, 0.15) is 5.56 Å². The standard InChI is InChI=1S/C9H11BrN2O3/c1-15-8-3-2-7(10)6(4-5-11)9(8)12(13)14/h2-3H,4-5,11H2,1H3. The molecule has 1 aromatic rings. The molecular formula is C9H11BrN2O3. The molecule has 0 aromatic heterocycles. The van der Waals surface area contributed by atoms with E-state index in [1.54, 1.807) is 12.1 Å². The van der Waals surface area contributed by atoms with Crippen molar-refractivity contribution in [2.45, 2.75) is 6.42 Å². The average Bonchev–Trinajstić information content (AvgIpc) is 2.20. The highest BCUT2D eigenvalue weighted by Crippen LogP contribution is 2.35. The Morgan fingerprint density at radius 3 is 2.73 bits per heavy atom. The van der Waals surface area contributed by atoms with Gasteiger partial charge in [-0.25, -0.2) is 0 Å². The number of rotatable bonds is 4. The Labute approximate surface area is 95.5 Å². The van der Waals surface area contributed by atoms with Crippen molar-refractivity contribution in [1.82, 2.24) is 0 Å². The van der Waals surface area contributed by atoms with Gasteiger partial charge in [0.1, 0.15) is 0 Å². The molecule has 0 saturated carbocycles. The zero-order valence-electron chi connectivity index (χ0n) is 8.20. The molecule has 0 amide bonds. The Morgan fingerprint density at radius 2 is 2.27 bits per heavy atom. The minimum Gasteiger partial charge on any atom is -0.490 e. The lowest BCUT2D eigenvalue weighted by Gasteiger charge is -2.08. The van der Waals surface area contributed by atoms with Crippen molar-refractivity contribution in [3.63, 3.8) is 0 Å². The maximum Gasteiger partial charge on any atom is 0.315 e. The predicted molar refractivity (Wildman–Crippen MR) is 60.1 cm³/mol. The largest absolute Gasteiger partial charge is 0.490 e. The zero-order chi connectivity index (χ0) is 11.4. The van der Waals surface area contributed by atoms with E-state index in [0.29, 0.717) is 23.0 Å². The third-order valence-corrected chi connectivity index (χ3v) is 2.73. The third-order valence-electron chi connectivity index (χ3n) is 1.99. The van der Waals surface area contributed by atoms with Crippen LogP contribution in [-0.4, -0.2) is 18.6 Å². The fourth-order valence-electron chi connectivity index (χ4n) is 1.34. The summed E-state index contributed by atoms with van der Waals surface area (Å²) >= 11 is 3.26. The second-order valence-electron chi connectivity index (χ2n) is 2.87. The van der Waals surface area contributed by atoms with Crippen LogP contribution in [0.2, 0.25) is 0 Å². The first-order chi connectivity index (χ1) is 7.11. The van der Waals surface area contributed by atoms with Crippen LogP contribution in [0.5, 0.6) is 5.75 Å². The Kier molecular flexibility index (Phi) is 4.05. The molecule has 1 rings (SSSR count). The number of nitro benzene ring substituents is 1. The monoisotopic (exact) mass is 274 g/mol. The number of nitro groups is 1. The van der Waals surface area contributed by atoms with Gasteiger partial charge in [0, 0.05) is 10.0 Å². The molecule has 0 heterocycles. The van der Waals surface area contributed by atoms with E-state index in [0.717, 1.165) is 0 Å². The summed E-state index contributed by atoms with van der Waals surface area (Å²) in [6.45, 7) is 0.354. The van der Waals surface area contributed by atoms with E-state index in [-0.39, 0.29) is 11.4 Å². The van der Waals surface area contributed by atoms with Crippen molar-refractivity contribution in [2.75, 3.05) is 13.7 Å². The number of nitrogens with zero attached hydrogens (tertiary/aromatic N) is 1. The van der Waals surface area contributed by atoms with Gasteiger partial charge in [-0.2, -0.15) is 0 Å². The smallest absolute Gasteiger partial charge is 0.315 e. The molecule has 82 valence electrons. The van der Waals surface area contributed by atoms with Gasteiger partial charge < -0.3 is 10.5 Å². The maximum absolute atomic E-state index is 10.9. The van der Waals surface area contributed by atoms with Gasteiger partial charge in [0.25, 0.3) is 0 Å². The molecule has 6 heteroatoms. The van der Waals surface area contributed by atoms with Crippen molar-refractivity contribution >= 4 is 21.6 Å². The SMILES string of the molecule is COc1ccc(Br)c(CCN)c1[N+](=O)[O-]. The molecule has 0 aliphatic rings. The van der Waals surface area contributed by atoms with Gasteiger partial charge in [-0.15, -0.1) is 0 Å². The Bertz CT molecular complexity index is 382. The van der Waals surface area contributed by atoms with E-state index >= 15 is 0 Å². The Balaban J connectivity index is 3.36. The molecule has 0 spiro atoms. The average molecular weight is 275 g/mol. The highest BCUT2D eigenvalue weighted by Gasteiger charge is 2.22. The first-order valence-corrected chi connectivity index (χ1v) is 5.11. The van der Waals surface area contributed by atoms with Gasteiger partial charge in [-0.1, -0.05) is 15.9 Å². The van der Waals surface area contributed by atoms with Gasteiger partial charge in [-0.3, -0.25) is 10.1 Å². The Hall–Kier alpha value is -1.14. The first-order valence-electron chi connectivity index (χ1n) is 4.31. The van der Waals surface area contributed by atoms with Crippen LogP contribution in [0.4, 0.5) is 5.69 Å². The quantitative estimate of drug-likeness (QED) is 0.672. The molecule has 5 nitrogen and oxygen atoms in total. The molecule has 15 heavy (non-hydrogen) atoms. The second kappa shape index (κ2) is 5.09. The van der Waals surface area contributed by atoms with Crippen molar-refractivity contribution in [2.24, 2.45) is 5.73 Å². The van der Waals surface area contributed by atoms with Crippen LogP contribution in [0.3, 0.4) is 0 Å². The number of hydrogen-bond acceptors (Lipinski definition) is 4. The van der Waals surface area contributed by atoms with Crippen LogP contribution in [0.25, 0.3) is 0 Å². The van der Waals surface area contributed by atoms with Crippen LogP contribution >= 0.6 is 15.9 Å². The predicted octanol–water partition coefficient (Wildman–Crippen LogP) is 1.87. The summed E-state index contributed by atoms with van der Waals surface area (Å²) in [6, 6.07) is 3.28. The summed E-state index contributed by atoms with van der Waals surface area (Å²) in [7, 11) is 1.41. The lowest BCUT2D eigenvalue weighted by Crippen LogP contribution is -2.07. The number of ether oxygens (including phenoxy) is 1. The normalized spacial score (nSPS) is 10.1. The van der Waals surface area contributed by atoms with E-state index in [9.17, 15) is 10.1 Å². The maximum atomic E-state index is 10.9. The lowest BCUT2D eigenvalue weighted by atomic mass is 10.1. The van der Waals surface area contributed by atoms with Crippen molar-refractivity contribution < 1.29 is 9.66 Å². The van der Waals surface area contributed by atoms with Gasteiger partial charge >= 0.3 is 5.69 Å². The Morgan fingerprint density at radius 1 is 1.60 bits per heavy atom. The number of nitrogens with two attached hydrogens (primary N) is 1. The molecule has 0 bridgehead atoms. The van der Waals surface area contributed by atoms with Crippen LogP contribution in [-0.2, 0) is 6.42 Å². The van der Waals surface area contributed by atoms with Gasteiger partial charge in [0.05, 0.1) is 12.0 Å². The molecular weight excluding hydrogens is 264 g/mol. The number of benzene rings is 1. The van der Waals surface area contributed by atoms with Gasteiger partial charge in [0.15, 0.2) is 5.75 Å². The zero-order valence-corrected chi connectivity index (χ0v) is 9.78. The fraction of sp³-hybridized carbons (Fsp3) is 0.333. The van der Waals surface area contributed by atoms with E-state index in [1.165, 1.54) is 7.11 Å². The second-order valence-corrected chi connectivity index (χ2v) is 3.73. The molecule has 0 aliphatic carbocycles. The fourth-order valence-corrected chi connectivity index (χ4v) is 1.86. The summed E-state index contributed by atoms with van der Waals surface area (Å²) in [5.41, 5.74) is 5.96. The molecule has 0 atom stereocenters. The summed E-state index contributed by atoms with van der Waals surface area (Å²) < 4.78 is 5.63. The summed E-state index contributed by atoms with van der Waals surface area (Å²) in [6.07, 6.45) is 0.439. The van der Waals surface area contributed by atoms with Crippen molar-refractivity contribution in [1.29, 1.82) is 0 Å².